The summed E-state index contributed by atoms with van der Waals surface area (Å²) in [4.78, 5) is 23.9. The summed E-state index contributed by atoms with van der Waals surface area (Å²) in [5.74, 6) is 0.112. The van der Waals surface area contributed by atoms with Gasteiger partial charge in [0, 0.05) is 11.0 Å². The summed E-state index contributed by atoms with van der Waals surface area (Å²) < 4.78 is 11.4. The van der Waals surface area contributed by atoms with E-state index in [1.165, 1.54) is 0 Å². The number of benzene rings is 2. The molecule has 0 aliphatic carbocycles. The average molecular weight is 456 g/mol. The maximum Gasteiger partial charge on any atom is 0.340 e. The van der Waals surface area contributed by atoms with Crippen LogP contribution in [0.4, 0.5) is 10.5 Å². The summed E-state index contributed by atoms with van der Waals surface area (Å²) >= 11 is 9.40. The summed E-state index contributed by atoms with van der Waals surface area (Å²) in [6, 6.07) is 11.6. The number of urea groups is 1. The zero-order valence-corrected chi connectivity index (χ0v) is 17.1. The first-order chi connectivity index (χ1) is 13.0. The van der Waals surface area contributed by atoms with Crippen molar-refractivity contribution < 1.29 is 19.1 Å². The molecular weight excluding hydrogens is 436 g/mol. The number of nitrogens with one attached hydrogen (secondary N) is 2. The molecule has 0 bridgehead atoms. The summed E-state index contributed by atoms with van der Waals surface area (Å²) in [6.45, 7) is 2.80. The number of halogens is 2. The molecule has 0 aliphatic rings. The van der Waals surface area contributed by atoms with E-state index in [-0.39, 0.29) is 6.61 Å². The molecule has 0 saturated heterocycles. The van der Waals surface area contributed by atoms with E-state index >= 15 is 0 Å². The van der Waals surface area contributed by atoms with E-state index in [2.05, 4.69) is 26.6 Å². The molecule has 2 rings (SSSR count). The maximum atomic E-state index is 12.0. The van der Waals surface area contributed by atoms with Crippen LogP contribution in [0.25, 0.3) is 0 Å². The van der Waals surface area contributed by atoms with Gasteiger partial charge in [-0.25, -0.2) is 9.59 Å². The number of anilines is 1. The number of hydrogen-bond donors (Lipinski definition) is 2. The number of carbonyl (C=O) groups is 2. The van der Waals surface area contributed by atoms with Crippen molar-refractivity contribution in [2.24, 2.45) is 0 Å². The Kier molecular flexibility index (Phi) is 8.42. The zero-order chi connectivity index (χ0) is 19.6. The summed E-state index contributed by atoms with van der Waals surface area (Å²) in [7, 11) is 0. The fraction of sp³-hybridized carbons (Fsp3) is 0.263. The minimum absolute atomic E-state index is 0.266. The first-order valence-electron chi connectivity index (χ1n) is 8.40. The Morgan fingerprint density at radius 1 is 1.19 bits per heavy atom. The van der Waals surface area contributed by atoms with E-state index < -0.39 is 12.0 Å². The number of para-hydroxylation sites is 1. The second-order valence-corrected chi connectivity index (χ2v) is 6.75. The van der Waals surface area contributed by atoms with Gasteiger partial charge in [-0.1, -0.05) is 39.7 Å². The van der Waals surface area contributed by atoms with Crippen LogP contribution < -0.4 is 15.4 Å². The lowest BCUT2D eigenvalue weighted by atomic mass is 10.2. The third kappa shape index (κ3) is 6.77. The molecule has 2 N–H and O–H groups in total. The van der Waals surface area contributed by atoms with E-state index in [1.807, 2.05) is 6.07 Å². The largest absolute Gasteiger partial charge is 0.492 e. The molecule has 0 aromatic heterocycles. The average Bonchev–Trinajstić information content (AvgIpc) is 2.63. The Morgan fingerprint density at radius 3 is 2.70 bits per heavy atom. The third-order valence-corrected chi connectivity index (χ3v) is 4.22. The van der Waals surface area contributed by atoms with Gasteiger partial charge in [-0.3, -0.25) is 0 Å². The molecule has 27 heavy (non-hydrogen) atoms. The van der Waals surface area contributed by atoms with Gasteiger partial charge in [0.05, 0.1) is 29.5 Å². The number of rotatable bonds is 8. The van der Waals surface area contributed by atoms with Gasteiger partial charge in [0.25, 0.3) is 0 Å². The Labute approximate surface area is 171 Å². The molecule has 6 nitrogen and oxygen atoms in total. The Bertz CT molecular complexity index is 801. The molecule has 0 heterocycles. The van der Waals surface area contributed by atoms with Crippen molar-refractivity contribution in [3.63, 3.8) is 0 Å². The van der Waals surface area contributed by atoms with Gasteiger partial charge in [-0.15, -0.1) is 0 Å². The van der Waals surface area contributed by atoms with Gasteiger partial charge in [-0.2, -0.15) is 0 Å². The van der Waals surface area contributed by atoms with Crippen LogP contribution >= 0.6 is 27.5 Å². The van der Waals surface area contributed by atoms with Gasteiger partial charge < -0.3 is 20.1 Å². The van der Waals surface area contributed by atoms with Crippen molar-refractivity contribution in [1.82, 2.24) is 5.32 Å². The third-order valence-electron chi connectivity index (χ3n) is 3.43. The van der Waals surface area contributed by atoms with Crippen LogP contribution in [-0.2, 0) is 4.74 Å². The highest BCUT2D eigenvalue weighted by molar-refractivity contribution is 9.10. The van der Waals surface area contributed by atoms with E-state index in [4.69, 9.17) is 21.1 Å². The second kappa shape index (κ2) is 10.8. The molecule has 8 heteroatoms. The standard InChI is InChI=1S/C19H20BrClN2O4/c1-2-26-18(24)14-6-3-4-7-16(14)23-19(25)22-10-5-11-27-17-9-8-13(20)12-15(17)21/h3-4,6-9,12H,2,5,10-11H2,1H3,(H2,22,23,25). The summed E-state index contributed by atoms with van der Waals surface area (Å²) in [5, 5.41) is 5.89. The highest BCUT2D eigenvalue weighted by Crippen LogP contribution is 2.27. The van der Waals surface area contributed by atoms with Gasteiger partial charge in [0.2, 0.25) is 0 Å². The highest BCUT2D eigenvalue weighted by Gasteiger charge is 2.13. The molecule has 0 saturated carbocycles. The molecule has 144 valence electrons. The van der Waals surface area contributed by atoms with Gasteiger partial charge in [-0.05, 0) is 43.7 Å². The van der Waals surface area contributed by atoms with Crippen LogP contribution in [0.3, 0.4) is 0 Å². The van der Waals surface area contributed by atoms with Crippen molar-refractivity contribution in [2.45, 2.75) is 13.3 Å². The van der Waals surface area contributed by atoms with Crippen molar-refractivity contribution in [1.29, 1.82) is 0 Å². The Morgan fingerprint density at radius 2 is 1.96 bits per heavy atom. The number of hydrogen-bond acceptors (Lipinski definition) is 4. The summed E-state index contributed by atoms with van der Waals surface area (Å²) in [6.07, 6.45) is 0.597. The fourth-order valence-corrected chi connectivity index (χ4v) is 2.92. The predicted octanol–water partition coefficient (Wildman–Crippen LogP) is 4.87. The van der Waals surface area contributed by atoms with Crippen molar-refractivity contribution >= 4 is 45.2 Å². The quantitative estimate of drug-likeness (QED) is 0.440. The Hall–Kier alpha value is -2.25. The maximum absolute atomic E-state index is 12.0. The smallest absolute Gasteiger partial charge is 0.340 e. The van der Waals surface area contributed by atoms with E-state index in [9.17, 15) is 9.59 Å². The minimum Gasteiger partial charge on any atom is -0.492 e. The molecule has 0 spiro atoms. The van der Waals surface area contributed by atoms with Crippen LogP contribution in [0, 0.1) is 0 Å². The molecule has 0 radical (unpaired) electrons. The molecular formula is C19H20BrClN2O4. The lowest BCUT2D eigenvalue weighted by Crippen LogP contribution is -2.31. The lowest BCUT2D eigenvalue weighted by molar-refractivity contribution is 0.0527. The number of carbonyl (C=O) groups excluding carboxylic acids is 2. The first kappa shape index (κ1) is 21.1. The highest BCUT2D eigenvalue weighted by atomic mass is 79.9. The molecule has 0 fully saturated rings. The SMILES string of the molecule is CCOC(=O)c1ccccc1NC(=O)NCCCOc1ccc(Br)cc1Cl. The normalized spacial score (nSPS) is 10.2. The van der Waals surface area contributed by atoms with Crippen LogP contribution in [0.1, 0.15) is 23.7 Å². The molecule has 2 aromatic rings. The van der Waals surface area contributed by atoms with Crippen LogP contribution in [0.2, 0.25) is 5.02 Å². The van der Waals surface area contributed by atoms with E-state index in [0.717, 1.165) is 4.47 Å². The predicted molar refractivity (Wildman–Crippen MR) is 109 cm³/mol. The van der Waals surface area contributed by atoms with Crippen molar-refractivity contribution in [3.8, 4) is 5.75 Å². The zero-order valence-electron chi connectivity index (χ0n) is 14.8. The number of ether oxygens (including phenoxy) is 2. The molecule has 0 unspecified atom stereocenters. The van der Waals surface area contributed by atoms with Gasteiger partial charge in [0.15, 0.2) is 0 Å². The molecule has 2 aromatic carbocycles. The minimum atomic E-state index is -0.479. The van der Waals surface area contributed by atoms with Gasteiger partial charge >= 0.3 is 12.0 Å². The van der Waals surface area contributed by atoms with Crippen LogP contribution in [-0.4, -0.2) is 31.8 Å². The van der Waals surface area contributed by atoms with E-state index in [0.29, 0.717) is 41.6 Å². The molecule has 2 amide bonds. The molecule has 0 aliphatic heterocycles. The monoisotopic (exact) mass is 454 g/mol. The molecule has 0 atom stereocenters. The van der Waals surface area contributed by atoms with E-state index in [1.54, 1.807) is 43.3 Å². The summed E-state index contributed by atoms with van der Waals surface area (Å²) in [5.41, 5.74) is 0.703. The van der Waals surface area contributed by atoms with Crippen LogP contribution in [0.15, 0.2) is 46.9 Å². The van der Waals surface area contributed by atoms with Crippen molar-refractivity contribution in [2.75, 3.05) is 25.1 Å². The Balaban J connectivity index is 1.76. The second-order valence-electron chi connectivity index (χ2n) is 5.42. The van der Waals surface area contributed by atoms with Crippen molar-refractivity contribution in [3.05, 3.63) is 57.5 Å². The first-order valence-corrected chi connectivity index (χ1v) is 9.57. The fourth-order valence-electron chi connectivity index (χ4n) is 2.19. The van der Waals surface area contributed by atoms with Gasteiger partial charge in [0.1, 0.15) is 5.75 Å². The topological polar surface area (TPSA) is 76.7 Å². The number of esters is 1. The number of amides is 2. The van der Waals surface area contributed by atoms with Crippen LogP contribution in [0.5, 0.6) is 5.75 Å². The lowest BCUT2D eigenvalue weighted by Gasteiger charge is -2.12.